The normalized spacial score (nSPS) is 10.6. The van der Waals surface area contributed by atoms with E-state index >= 15 is 0 Å². The fraction of sp³-hybridized carbons (Fsp3) is 0.636. The Bertz CT molecular complexity index is 352. The maximum Gasteiger partial charge on any atom is 0.135 e. The van der Waals surface area contributed by atoms with Gasteiger partial charge in [-0.3, -0.25) is 0 Å². The van der Waals surface area contributed by atoms with Crippen LogP contribution in [0.15, 0.2) is 0 Å². The predicted octanol–water partition coefficient (Wildman–Crippen LogP) is 1.35. The van der Waals surface area contributed by atoms with Crippen LogP contribution < -0.4 is 10.6 Å². The lowest BCUT2D eigenvalue weighted by Crippen LogP contribution is -2.13. The summed E-state index contributed by atoms with van der Waals surface area (Å²) < 4.78 is 0. The van der Waals surface area contributed by atoms with Crippen molar-refractivity contribution < 1.29 is 5.11 Å². The van der Waals surface area contributed by atoms with E-state index in [-0.39, 0.29) is 12.5 Å². The molecule has 0 amide bonds. The number of hydrogen-bond acceptors (Lipinski definition) is 5. The van der Waals surface area contributed by atoms with Gasteiger partial charge in [0.25, 0.3) is 0 Å². The molecule has 0 spiro atoms. The molecular formula is C11H20N4O. The lowest BCUT2D eigenvalue weighted by atomic mass is 10.2. The fourth-order valence-electron chi connectivity index (χ4n) is 1.38. The van der Waals surface area contributed by atoms with Gasteiger partial charge in [-0.1, -0.05) is 13.8 Å². The van der Waals surface area contributed by atoms with E-state index in [1.54, 1.807) is 0 Å². The third-order valence-electron chi connectivity index (χ3n) is 2.32. The van der Waals surface area contributed by atoms with Crippen molar-refractivity contribution in [1.82, 2.24) is 9.97 Å². The van der Waals surface area contributed by atoms with Gasteiger partial charge >= 0.3 is 0 Å². The van der Waals surface area contributed by atoms with Gasteiger partial charge in [-0.2, -0.15) is 0 Å². The Morgan fingerprint density at radius 1 is 1.25 bits per heavy atom. The molecule has 16 heavy (non-hydrogen) atoms. The minimum Gasteiger partial charge on any atom is -0.395 e. The number of aliphatic hydroxyl groups excluding tert-OH is 1. The van der Waals surface area contributed by atoms with Gasteiger partial charge < -0.3 is 15.7 Å². The molecule has 0 saturated heterocycles. The first-order valence-corrected chi connectivity index (χ1v) is 5.51. The van der Waals surface area contributed by atoms with Gasteiger partial charge in [-0.25, -0.2) is 9.97 Å². The monoisotopic (exact) mass is 224 g/mol. The van der Waals surface area contributed by atoms with Crippen molar-refractivity contribution in [3.63, 3.8) is 0 Å². The van der Waals surface area contributed by atoms with Crippen molar-refractivity contribution in [3.8, 4) is 0 Å². The summed E-state index contributed by atoms with van der Waals surface area (Å²) in [6, 6.07) is 0. The van der Waals surface area contributed by atoms with Crippen molar-refractivity contribution in [2.45, 2.75) is 26.7 Å². The Morgan fingerprint density at radius 3 is 2.38 bits per heavy atom. The van der Waals surface area contributed by atoms with Crippen LogP contribution in [0.4, 0.5) is 11.6 Å². The summed E-state index contributed by atoms with van der Waals surface area (Å²) in [6.07, 6.45) is 0. The fourth-order valence-corrected chi connectivity index (χ4v) is 1.38. The molecule has 1 aromatic heterocycles. The first-order chi connectivity index (χ1) is 7.60. The molecule has 5 heteroatoms. The van der Waals surface area contributed by atoms with Gasteiger partial charge in [-0.05, 0) is 6.92 Å². The van der Waals surface area contributed by atoms with Gasteiger partial charge in [-0.15, -0.1) is 0 Å². The van der Waals surface area contributed by atoms with Crippen molar-refractivity contribution in [2.24, 2.45) is 0 Å². The molecule has 90 valence electrons. The average molecular weight is 224 g/mol. The number of nitrogens with zero attached hydrogens (tertiary/aromatic N) is 2. The molecule has 5 nitrogen and oxygen atoms in total. The highest BCUT2D eigenvalue weighted by Crippen LogP contribution is 2.22. The molecule has 1 heterocycles. The van der Waals surface area contributed by atoms with E-state index in [1.165, 1.54) is 0 Å². The molecular weight excluding hydrogens is 204 g/mol. The quantitative estimate of drug-likeness (QED) is 0.704. The summed E-state index contributed by atoms with van der Waals surface area (Å²) in [5.41, 5.74) is 0.973. The number of rotatable bonds is 5. The first kappa shape index (κ1) is 12.7. The second kappa shape index (κ2) is 5.65. The topological polar surface area (TPSA) is 70.1 Å². The Balaban J connectivity index is 3.08. The molecule has 0 fully saturated rings. The second-order valence-electron chi connectivity index (χ2n) is 3.96. The molecule has 0 bridgehead atoms. The van der Waals surface area contributed by atoms with Gasteiger partial charge in [0.2, 0.25) is 0 Å². The Hall–Kier alpha value is -1.36. The Kier molecular flexibility index (Phi) is 4.49. The summed E-state index contributed by atoms with van der Waals surface area (Å²) in [7, 11) is 1.84. The van der Waals surface area contributed by atoms with E-state index in [9.17, 15) is 0 Å². The molecule has 0 atom stereocenters. The number of anilines is 2. The molecule has 0 radical (unpaired) electrons. The number of aliphatic hydroxyl groups is 1. The number of hydrogen-bond donors (Lipinski definition) is 3. The highest BCUT2D eigenvalue weighted by molar-refractivity contribution is 5.57. The van der Waals surface area contributed by atoms with Gasteiger partial charge in [0.05, 0.1) is 6.61 Å². The molecule has 1 rings (SSSR count). The van der Waals surface area contributed by atoms with Gasteiger partial charge in [0, 0.05) is 25.1 Å². The molecule has 0 aliphatic carbocycles. The Labute approximate surface area is 96.3 Å². The lowest BCUT2D eigenvalue weighted by molar-refractivity contribution is 0.311. The number of aromatic nitrogens is 2. The third-order valence-corrected chi connectivity index (χ3v) is 2.32. The smallest absolute Gasteiger partial charge is 0.135 e. The maximum absolute atomic E-state index is 8.80. The summed E-state index contributed by atoms with van der Waals surface area (Å²) >= 11 is 0. The van der Waals surface area contributed by atoms with Gasteiger partial charge in [0.15, 0.2) is 0 Å². The predicted molar refractivity (Wildman–Crippen MR) is 66.0 cm³/mol. The summed E-state index contributed by atoms with van der Waals surface area (Å²) in [5.74, 6) is 2.70. The summed E-state index contributed by atoms with van der Waals surface area (Å²) in [6.45, 7) is 6.66. The third kappa shape index (κ3) is 2.82. The van der Waals surface area contributed by atoms with Crippen LogP contribution in [0.2, 0.25) is 0 Å². The first-order valence-electron chi connectivity index (χ1n) is 5.51. The summed E-state index contributed by atoms with van der Waals surface area (Å²) in [5, 5.41) is 14.9. The SMILES string of the molecule is CNc1nc(C(C)C)nc(NCCO)c1C. The van der Waals surface area contributed by atoms with Crippen LogP contribution >= 0.6 is 0 Å². The highest BCUT2D eigenvalue weighted by atomic mass is 16.3. The lowest BCUT2D eigenvalue weighted by Gasteiger charge is -2.14. The van der Waals surface area contributed by atoms with Crippen LogP contribution in [-0.4, -0.2) is 35.3 Å². The van der Waals surface area contributed by atoms with E-state index in [0.717, 1.165) is 23.0 Å². The van der Waals surface area contributed by atoms with Crippen molar-refractivity contribution in [1.29, 1.82) is 0 Å². The van der Waals surface area contributed by atoms with Crippen molar-refractivity contribution in [2.75, 3.05) is 30.8 Å². The molecule has 1 aromatic rings. The van der Waals surface area contributed by atoms with E-state index in [4.69, 9.17) is 5.11 Å². The van der Waals surface area contributed by atoms with E-state index in [1.807, 2.05) is 14.0 Å². The minimum atomic E-state index is 0.0926. The maximum atomic E-state index is 8.80. The largest absolute Gasteiger partial charge is 0.395 e. The molecule has 0 aliphatic heterocycles. The average Bonchev–Trinajstić information content (AvgIpc) is 2.27. The zero-order chi connectivity index (χ0) is 12.1. The summed E-state index contributed by atoms with van der Waals surface area (Å²) in [4.78, 5) is 8.88. The van der Waals surface area contributed by atoms with Crippen LogP contribution in [0, 0.1) is 6.92 Å². The second-order valence-corrected chi connectivity index (χ2v) is 3.96. The van der Waals surface area contributed by atoms with Crippen LogP contribution in [0.3, 0.4) is 0 Å². The molecule has 0 saturated carbocycles. The zero-order valence-electron chi connectivity index (χ0n) is 10.3. The minimum absolute atomic E-state index is 0.0926. The molecule has 0 aromatic carbocycles. The van der Waals surface area contributed by atoms with Gasteiger partial charge in [0.1, 0.15) is 17.5 Å². The molecule has 0 aliphatic rings. The number of nitrogens with one attached hydrogen (secondary N) is 2. The molecule has 3 N–H and O–H groups in total. The van der Waals surface area contributed by atoms with Crippen LogP contribution in [0.1, 0.15) is 31.2 Å². The van der Waals surface area contributed by atoms with Crippen molar-refractivity contribution >= 4 is 11.6 Å². The standard InChI is InChI=1S/C11H20N4O/c1-7(2)9-14-10(12-4)8(3)11(15-9)13-5-6-16/h7,16H,5-6H2,1-4H3,(H2,12,13,14,15). The van der Waals surface area contributed by atoms with E-state index in [2.05, 4.69) is 34.4 Å². The van der Waals surface area contributed by atoms with Crippen LogP contribution in [0.5, 0.6) is 0 Å². The zero-order valence-corrected chi connectivity index (χ0v) is 10.3. The van der Waals surface area contributed by atoms with Crippen molar-refractivity contribution in [3.05, 3.63) is 11.4 Å². The highest BCUT2D eigenvalue weighted by Gasteiger charge is 2.11. The van der Waals surface area contributed by atoms with E-state index in [0.29, 0.717) is 6.54 Å². The van der Waals surface area contributed by atoms with E-state index < -0.39 is 0 Å². The van der Waals surface area contributed by atoms with Crippen LogP contribution in [-0.2, 0) is 0 Å². The molecule has 0 unspecified atom stereocenters. The Morgan fingerprint density at radius 2 is 1.88 bits per heavy atom. The van der Waals surface area contributed by atoms with Crippen LogP contribution in [0.25, 0.3) is 0 Å².